The number of hydrogen-bond acceptors (Lipinski definition) is 4. The van der Waals surface area contributed by atoms with Gasteiger partial charge in [0.1, 0.15) is 11.6 Å². The molecule has 218 valence electrons. The van der Waals surface area contributed by atoms with Crippen LogP contribution in [-0.2, 0) is 35.3 Å². The van der Waals surface area contributed by atoms with E-state index in [-0.39, 0.29) is 52.8 Å². The Labute approximate surface area is 243 Å². The highest BCUT2D eigenvalue weighted by molar-refractivity contribution is 5.99. The normalized spacial score (nSPS) is 9.65. The highest BCUT2D eigenvalue weighted by atomic mass is 16.1. The van der Waals surface area contributed by atoms with E-state index in [1.165, 1.54) is 0 Å². The molecular weight excluding hydrogens is 496 g/mol. The standard InChI is InChI=1S/C32H34O4.4CH4/c1-3-29(33)21-25-9-5-23(6-10-25)13-19-31(35)27-15-17-28(18-16-27)32(36)20-14-24-7-11-26(12-8-24)22-30(34)4-2;;;;/h5-12,15-18H,3-4,13-14,19-22H2,1-2H3;4*1H4. The summed E-state index contributed by atoms with van der Waals surface area (Å²) in [6.07, 6.45) is 4.03. The molecular formula is C36H50O4. The fourth-order valence-corrected chi connectivity index (χ4v) is 4.00. The number of benzene rings is 3. The Morgan fingerprint density at radius 3 is 1.00 bits per heavy atom. The Bertz CT molecular complexity index is 1090. The van der Waals surface area contributed by atoms with E-state index in [1.54, 1.807) is 24.3 Å². The van der Waals surface area contributed by atoms with Gasteiger partial charge in [-0.3, -0.25) is 19.2 Å². The van der Waals surface area contributed by atoms with Crippen LogP contribution in [0, 0.1) is 0 Å². The molecule has 0 saturated heterocycles. The molecule has 0 aliphatic rings. The maximum absolute atomic E-state index is 12.6. The van der Waals surface area contributed by atoms with Crippen LogP contribution in [0.2, 0.25) is 0 Å². The van der Waals surface area contributed by atoms with E-state index in [2.05, 4.69) is 0 Å². The Morgan fingerprint density at radius 1 is 0.450 bits per heavy atom. The minimum Gasteiger partial charge on any atom is -0.299 e. The molecule has 0 aliphatic carbocycles. The molecule has 0 atom stereocenters. The van der Waals surface area contributed by atoms with Gasteiger partial charge in [0, 0.05) is 49.7 Å². The quantitative estimate of drug-likeness (QED) is 0.189. The van der Waals surface area contributed by atoms with Gasteiger partial charge in [-0.1, -0.05) is 116 Å². The molecule has 0 amide bonds. The molecule has 0 bridgehead atoms. The van der Waals surface area contributed by atoms with Crippen molar-refractivity contribution in [3.05, 3.63) is 106 Å². The minimum absolute atomic E-state index is 0. The molecule has 3 aromatic rings. The van der Waals surface area contributed by atoms with Gasteiger partial charge in [-0.15, -0.1) is 0 Å². The van der Waals surface area contributed by atoms with E-state index >= 15 is 0 Å². The van der Waals surface area contributed by atoms with Gasteiger partial charge in [0.25, 0.3) is 0 Å². The number of carbonyl (C=O) groups is 4. The van der Waals surface area contributed by atoms with Crippen LogP contribution >= 0.6 is 0 Å². The predicted molar refractivity (Wildman–Crippen MR) is 170 cm³/mol. The number of Topliss-reactive ketones (excluding diaryl/α,β-unsaturated/α-hetero) is 4. The van der Waals surface area contributed by atoms with Gasteiger partial charge >= 0.3 is 0 Å². The van der Waals surface area contributed by atoms with Crippen LogP contribution in [0.4, 0.5) is 0 Å². The van der Waals surface area contributed by atoms with Crippen molar-refractivity contribution >= 4 is 23.1 Å². The van der Waals surface area contributed by atoms with Crippen LogP contribution in [0.5, 0.6) is 0 Å². The first-order chi connectivity index (χ1) is 17.4. The summed E-state index contributed by atoms with van der Waals surface area (Å²) in [4.78, 5) is 48.4. The smallest absolute Gasteiger partial charge is 0.163 e. The molecule has 3 rings (SSSR count). The van der Waals surface area contributed by atoms with E-state index in [4.69, 9.17) is 0 Å². The summed E-state index contributed by atoms with van der Waals surface area (Å²) in [5.74, 6) is 0.520. The van der Waals surface area contributed by atoms with Crippen LogP contribution in [0.15, 0.2) is 72.8 Å². The lowest BCUT2D eigenvalue weighted by Crippen LogP contribution is -2.05. The first-order valence-electron chi connectivity index (χ1n) is 12.7. The SMILES string of the molecule is C.C.C.C.CCC(=O)Cc1ccc(CCC(=O)c2ccc(C(=O)CCc3ccc(CC(=O)CC)cc3)cc2)cc1. The third-order valence-electron chi connectivity index (χ3n) is 6.45. The van der Waals surface area contributed by atoms with E-state index in [0.29, 0.717) is 62.5 Å². The van der Waals surface area contributed by atoms with Crippen LogP contribution in [0.25, 0.3) is 0 Å². The molecule has 0 saturated carbocycles. The van der Waals surface area contributed by atoms with Gasteiger partial charge in [-0.05, 0) is 35.1 Å². The van der Waals surface area contributed by atoms with Crippen LogP contribution in [-0.4, -0.2) is 23.1 Å². The summed E-state index contributed by atoms with van der Waals surface area (Å²) >= 11 is 0. The third kappa shape index (κ3) is 12.0. The molecule has 0 N–H and O–H groups in total. The van der Waals surface area contributed by atoms with Gasteiger partial charge in [-0.25, -0.2) is 0 Å². The summed E-state index contributed by atoms with van der Waals surface area (Å²) in [6, 6.07) is 22.6. The molecule has 4 nitrogen and oxygen atoms in total. The second-order valence-electron chi connectivity index (χ2n) is 9.19. The largest absolute Gasteiger partial charge is 0.299 e. The van der Waals surface area contributed by atoms with Crippen molar-refractivity contribution < 1.29 is 19.2 Å². The van der Waals surface area contributed by atoms with Gasteiger partial charge < -0.3 is 0 Å². The lowest BCUT2D eigenvalue weighted by atomic mass is 9.97. The van der Waals surface area contributed by atoms with Gasteiger partial charge in [0.2, 0.25) is 0 Å². The molecule has 0 spiro atoms. The molecule has 0 heterocycles. The Morgan fingerprint density at radius 2 is 0.725 bits per heavy atom. The van der Waals surface area contributed by atoms with Crippen molar-refractivity contribution in [2.45, 2.75) is 94.9 Å². The molecule has 0 radical (unpaired) electrons. The van der Waals surface area contributed by atoms with E-state index in [9.17, 15) is 19.2 Å². The third-order valence-corrected chi connectivity index (χ3v) is 6.45. The van der Waals surface area contributed by atoms with Gasteiger partial charge in [0.05, 0.1) is 0 Å². The summed E-state index contributed by atoms with van der Waals surface area (Å²) in [5, 5.41) is 0. The van der Waals surface area contributed by atoms with Crippen molar-refractivity contribution in [2.75, 3.05) is 0 Å². The van der Waals surface area contributed by atoms with E-state index in [0.717, 1.165) is 22.3 Å². The number of rotatable bonds is 14. The molecule has 0 aromatic heterocycles. The topological polar surface area (TPSA) is 68.3 Å². The highest BCUT2D eigenvalue weighted by Crippen LogP contribution is 2.15. The first kappa shape index (κ1) is 38.5. The molecule has 0 aliphatic heterocycles. The van der Waals surface area contributed by atoms with Crippen molar-refractivity contribution in [1.29, 1.82) is 0 Å². The van der Waals surface area contributed by atoms with Gasteiger partial charge in [-0.2, -0.15) is 0 Å². The number of aryl methyl sites for hydroxylation is 2. The van der Waals surface area contributed by atoms with Crippen molar-refractivity contribution in [1.82, 2.24) is 0 Å². The molecule has 40 heavy (non-hydrogen) atoms. The summed E-state index contributed by atoms with van der Waals surface area (Å²) < 4.78 is 0. The maximum atomic E-state index is 12.6. The van der Waals surface area contributed by atoms with Crippen LogP contribution < -0.4 is 0 Å². The molecule has 3 aromatic carbocycles. The number of carbonyl (C=O) groups excluding carboxylic acids is 4. The fourth-order valence-electron chi connectivity index (χ4n) is 4.00. The monoisotopic (exact) mass is 546 g/mol. The molecule has 0 unspecified atom stereocenters. The zero-order valence-corrected chi connectivity index (χ0v) is 21.2. The van der Waals surface area contributed by atoms with Crippen molar-refractivity contribution in [3.63, 3.8) is 0 Å². The lowest BCUT2D eigenvalue weighted by Gasteiger charge is -2.06. The Kier molecular flexibility index (Phi) is 18.7. The Balaban J connectivity index is 0. The van der Waals surface area contributed by atoms with Crippen LogP contribution in [0.3, 0.4) is 0 Å². The molecule has 4 heteroatoms. The number of ketones is 4. The summed E-state index contributed by atoms with van der Waals surface area (Å²) in [6.45, 7) is 3.73. The summed E-state index contributed by atoms with van der Waals surface area (Å²) in [5.41, 5.74) is 5.33. The summed E-state index contributed by atoms with van der Waals surface area (Å²) in [7, 11) is 0. The van der Waals surface area contributed by atoms with Crippen molar-refractivity contribution in [3.8, 4) is 0 Å². The highest BCUT2D eigenvalue weighted by Gasteiger charge is 2.11. The average Bonchev–Trinajstić information content (AvgIpc) is 2.91. The van der Waals surface area contributed by atoms with E-state index < -0.39 is 0 Å². The van der Waals surface area contributed by atoms with Crippen LogP contribution in [0.1, 0.15) is 112 Å². The molecule has 0 fully saturated rings. The second-order valence-corrected chi connectivity index (χ2v) is 9.19. The predicted octanol–water partition coefficient (Wildman–Crippen LogP) is 8.91. The van der Waals surface area contributed by atoms with Gasteiger partial charge in [0.15, 0.2) is 11.6 Å². The lowest BCUT2D eigenvalue weighted by molar-refractivity contribution is -0.118. The second kappa shape index (κ2) is 19.4. The minimum atomic E-state index is 0. The van der Waals surface area contributed by atoms with E-state index in [1.807, 2.05) is 62.4 Å². The number of hydrogen-bond donors (Lipinski definition) is 0. The first-order valence-corrected chi connectivity index (χ1v) is 12.7. The maximum Gasteiger partial charge on any atom is 0.163 e. The Hall–Kier alpha value is -3.66. The zero-order valence-electron chi connectivity index (χ0n) is 21.2. The average molecular weight is 547 g/mol. The van der Waals surface area contributed by atoms with Crippen molar-refractivity contribution in [2.24, 2.45) is 0 Å². The fraction of sp³-hybridized carbons (Fsp3) is 0.389. The zero-order chi connectivity index (χ0) is 25.9.